The van der Waals surface area contributed by atoms with Crippen molar-refractivity contribution in [2.45, 2.75) is 6.92 Å². The average Bonchev–Trinajstić information content (AvgIpc) is 1.62. The maximum absolute atomic E-state index is 9.71. The molecule has 0 bridgehead atoms. The van der Waals surface area contributed by atoms with E-state index in [1.165, 1.54) is 0 Å². The SMILES string of the molecule is [CH2-]C(=O)OCC.[CH2-]C([CH2-])=O.[W].[Y]. The van der Waals surface area contributed by atoms with Crippen molar-refractivity contribution in [3.8, 4) is 0 Å². The number of carbonyl (C=O) groups is 2. The van der Waals surface area contributed by atoms with Crippen molar-refractivity contribution in [1.82, 2.24) is 0 Å². The topological polar surface area (TPSA) is 43.4 Å². The molecule has 0 fully saturated rings. The Bertz CT molecular complexity index is 113. The molecule has 0 unspecified atom stereocenters. The van der Waals surface area contributed by atoms with Crippen LogP contribution in [0.2, 0.25) is 0 Å². The summed E-state index contributed by atoms with van der Waals surface area (Å²) < 4.78 is 4.29. The minimum absolute atomic E-state index is 0. The van der Waals surface area contributed by atoms with Gasteiger partial charge < -0.3 is 23.4 Å². The molecule has 0 N–H and O–H groups in total. The van der Waals surface area contributed by atoms with E-state index in [0.717, 1.165) is 0 Å². The summed E-state index contributed by atoms with van der Waals surface area (Å²) in [5.41, 5.74) is 0. The molecule has 3 nitrogen and oxygen atoms in total. The van der Waals surface area contributed by atoms with Crippen molar-refractivity contribution in [1.29, 1.82) is 0 Å². The first-order valence-corrected chi connectivity index (χ1v) is 2.67. The van der Waals surface area contributed by atoms with Crippen LogP contribution >= 0.6 is 0 Å². The first kappa shape index (κ1) is 22.9. The first-order chi connectivity index (χ1) is 4.50. The summed E-state index contributed by atoms with van der Waals surface area (Å²) in [6.07, 6.45) is 0. The summed E-state index contributed by atoms with van der Waals surface area (Å²) >= 11 is 0. The van der Waals surface area contributed by atoms with Gasteiger partial charge in [-0.1, -0.05) is 0 Å². The Morgan fingerprint density at radius 2 is 1.50 bits per heavy atom. The van der Waals surface area contributed by atoms with Crippen molar-refractivity contribution < 1.29 is 68.1 Å². The maximum Gasteiger partial charge on any atom is 0.164 e. The second kappa shape index (κ2) is 17.6. The number of hydrogen-bond acceptors (Lipinski definition) is 3. The van der Waals surface area contributed by atoms with E-state index in [2.05, 4.69) is 25.5 Å². The van der Waals surface area contributed by atoms with Gasteiger partial charge in [-0.15, -0.1) is 5.78 Å². The van der Waals surface area contributed by atoms with Crippen LogP contribution in [0.25, 0.3) is 0 Å². The molecule has 0 aromatic carbocycles. The normalized spacial score (nSPS) is 5.75. The van der Waals surface area contributed by atoms with Crippen molar-refractivity contribution in [2.24, 2.45) is 0 Å². The van der Waals surface area contributed by atoms with Crippen molar-refractivity contribution in [3.05, 3.63) is 20.8 Å². The third-order valence-corrected chi connectivity index (χ3v) is 0.305. The van der Waals surface area contributed by atoms with Crippen LogP contribution in [0.5, 0.6) is 0 Å². The number of ether oxygens (including phenoxy) is 1. The predicted octanol–water partition coefficient (Wildman–Crippen LogP) is 0.602. The van der Waals surface area contributed by atoms with E-state index < -0.39 is 5.97 Å². The molecule has 0 spiro atoms. The van der Waals surface area contributed by atoms with Gasteiger partial charge in [0.05, 0.1) is 6.61 Å². The van der Waals surface area contributed by atoms with Gasteiger partial charge in [0.1, 0.15) is 0 Å². The molecule has 0 saturated carbocycles. The monoisotopic (exact) mass is 416 g/mol. The quantitative estimate of drug-likeness (QED) is 0.465. The fourth-order valence-electron chi connectivity index (χ4n) is 0.161. The zero-order chi connectivity index (χ0) is 8.57. The third kappa shape index (κ3) is 76.5. The Morgan fingerprint density at radius 3 is 1.50 bits per heavy atom. The van der Waals surface area contributed by atoms with Crippen LogP contribution < -0.4 is 0 Å². The van der Waals surface area contributed by atoms with Crippen LogP contribution in [-0.2, 0) is 68.1 Å². The molecule has 0 aliphatic carbocycles. The van der Waals surface area contributed by atoms with E-state index >= 15 is 0 Å². The summed E-state index contributed by atoms with van der Waals surface area (Å²) in [6.45, 7) is 10.9. The van der Waals surface area contributed by atoms with Crippen molar-refractivity contribution in [3.63, 3.8) is 0 Å². The molecule has 0 atom stereocenters. The maximum atomic E-state index is 9.71. The molecule has 69 valence electrons. The van der Waals surface area contributed by atoms with Crippen LogP contribution in [0.4, 0.5) is 0 Å². The van der Waals surface area contributed by atoms with E-state index in [9.17, 15) is 9.59 Å². The Morgan fingerprint density at radius 1 is 1.25 bits per heavy atom. The molecular formula is C7H11O3WY-3. The van der Waals surface area contributed by atoms with Gasteiger partial charge >= 0.3 is 0 Å². The second-order valence-electron chi connectivity index (χ2n) is 1.34. The van der Waals surface area contributed by atoms with Crippen LogP contribution in [0.3, 0.4) is 0 Å². The minimum atomic E-state index is -0.461. The first-order valence-electron chi connectivity index (χ1n) is 2.67. The Labute approximate surface area is 113 Å². The average molecular weight is 416 g/mol. The molecule has 0 heterocycles. The minimum Gasteiger partial charge on any atom is -0.489 e. The van der Waals surface area contributed by atoms with Gasteiger partial charge in [0.2, 0.25) is 0 Å². The third-order valence-electron chi connectivity index (χ3n) is 0.305. The molecule has 12 heavy (non-hydrogen) atoms. The summed E-state index contributed by atoms with van der Waals surface area (Å²) in [6, 6.07) is 0. The molecule has 0 aromatic heterocycles. The number of Topliss-reactive ketones (excluding diaryl/α,β-unsaturated/α-hetero) is 1. The zero-order valence-corrected chi connectivity index (χ0v) is 12.8. The van der Waals surface area contributed by atoms with Gasteiger partial charge in [0, 0.05) is 53.8 Å². The molecule has 0 rings (SSSR count). The standard InChI is InChI=1S/C4H7O2.C3H4O.W.Y/c1-3-6-4(2)5;1-3(2)4;;/h2-3H2,1H3;1-2H2;;/q-1;-2;;. The van der Waals surface area contributed by atoms with Gasteiger partial charge in [0.15, 0.2) is 5.97 Å². The summed E-state index contributed by atoms with van der Waals surface area (Å²) in [5, 5.41) is 0. The molecule has 0 saturated heterocycles. The van der Waals surface area contributed by atoms with E-state index in [1.807, 2.05) is 0 Å². The summed E-state index contributed by atoms with van der Waals surface area (Å²) in [5.74, 6) is -0.794. The molecule has 0 aromatic rings. The van der Waals surface area contributed by atoms with Crippen molar-refractivity contribution >= 4 is 11.8 Å². The number of carbonyl (C=O) groups excluding carboxylic acids is 2. The van der Waals surface area contributed by atoms with Gasteiger partial charge in [-0.25, -0.2) is 0 Å². The fraction of sp³-hybridized carbons (Fsp3) is 0.286. The van der Waals surface area contributed by atoms with E-state index in [4.69, 9.17) is 0 Å². The predicted molar refractivity (Wildman–Crippen MR) is 37.7 cm³/mol. The van der Waals surface area contributed by atoms with Crippen LogP contribution in [0, 0.1) is 20.8 Å². The zero-order valence-electron chi connectivity index (χ0n) is 7.04. The van der Waals surface area contributed by atoms with Gasteiger partial charge in [-0.05, 0) is 6.92 Å². The van der Waals surface area contributed by atoms with Crippen LogP contribution in [0.1, 0.15) is 6.92 Å². The number of esters is 1. The fourth-order valence-corrected chi connectivity index (χ4v) is 0.161. The Hall–Kier alpha value is 0.542. The Kier molecular flexibility index (Phi) is 33.5. The molecule has 0 aliphatic heterocycles. The summed E-state index contributed by atoms with van der Waals surface area (Å²) in [7, 11) is 0. The molecular weight excluding hydrogens is 405 g/mol. The van der Waals surface area contributed by atoms with Gasteiger partial charge in [-0.3, -0.25) is 11.7 Å². The van der Waals surface area contributed by atoms with Crippen LogP contribution in [0.15, 0.2) is 0 Å². The Balaban J connectivity index is -0.0000000483. The summed E-state index contributed by atoms with van der Waals surface area (Å²) in [4.78, 5) is 18.9. The molecule has 5 heteroatoms. The van der Waals surface area contributed by atoms with Crippen molar-refractivity contribution in [2.75, 3.05) is 6.61 Å². The van der Waals surface area contributed by atoms with E-state index in [-0.39, 0.29) is 59.6 Å². The number of ketones is 1. The molecule has 1 radical (unpaired) electrons. The molecule has 0 aliphatic rings. The van der Waals surface area contributed by atoms with Gasteiger partial charge in [0.25, 0.3) is 0 Å². The van der Waals surface area contributed by atoms with E-state index in [0.29, 0.717) is 6.61 Å². The second-order valence-corrected chi connectivity index (χ2v) is 1.34. The largest absolute Gasteiger partial charge is 0.489 e. The number of rotatable bonds is 1. The van der Waals surface area contributed by atoms with E-state index in [1.54, 1.807) is 6.92 Å². The molecule has 0 amide bonds. The smallest absolute Gasteiger partial charge is 0.164 e. The van der Waals surface area contributed by atoms with Crippen LogP contribution in [-0.4, -0.2) is 18.4 Å². The van der Waals surface area contributed by atoms with Gasteiger partial charge in [-0.2, -0.15) is 0 Å². The number of hydrogen-bond donors (Lipinski definition) is 0.